The fourth-order valence-electron chi connectivity index (χ4n) is 2.02. The summed E-state index contributed by atoms with van der Waals surface area (Å²) in [4.78, 5) is 11.7. The third kappa shape index (κ3) is 6.33. The van der Waals surface area contributed by atoms with Crippen molar-refractivity contribution in [3.63, 3.8) is 0 Å². The molecule has 1 rings (SSSR count). The van der Waals surface area contributed by atoms with Crippen molar-refractivity contribution in [2.45, 2.75) is 39.3 Å². The Hall–Kier alpha value is -1.99. The number of rotatable bonds is 8. The molecular formula is C17H24N2O2. The molecule has 4 heteroatoms. The van der Waals surface area contributed by atoms with Crippen LogP contribution >= 0.6 is 0 Å². The van der Waals surface area contributed by atoms with E-state index in [2.05, 4.69) is 30.4 Å². The summed E-state index contributed by atoms with van der Waals surface area (Å²) in [6.07, 6.45) is 5.50. The Labute approximate surface area is 127 Å². The molecule has 0 aliphatic rings. The fraction of sp³-hybridized carbons (Fsp3) is 0.471. The van der Waals surface area contributed by atoms with Crippen LogP contribution in [0.2, 0.25) is 0 Å². The van der Waals surface area contributed by atoms with Crippen molar-refractivity contribution in [2.24, 2.45) is 0 Å². The molecule has 1 aromatic carbocycles. The van der Waals surface area contributed by atoms with Crippen molar-refractivity contribution in [1.29, 1.82) is 0 Å². The molecule has 0 spiro atoms. The first-order valence-electron chi connectivity index (χ1n) is 7.27. The summed E-state index contributed by atoms with van der Waals surface area (Å²) < 4.78 is 5.58. The maximum Gasteiger partial charge on any atom is 0.261 e. The van der Waals surface area contributed by atoms with Gasteiger partial charge in [0.2, 0.25) is 0 Å². The largest absolute Gasteiger partial charge is 0.481 e. The maximum atomic E-state index is 11.7. The number of benzene rings is 1. The summed E-state index contributed by atoms with van der Waals surface area (Å²) in [6, 6.07) is 8.26. The lowest BCUT2D eigenvalue weighted by Gasteiger charge is -2.15. The quantitative estimate of drug-likeness (QED) is 0.717. The summed E-state index contributed by atoms with van der Waals surface area (Å²) in [5.74, 6) is 2.83. The second-order valence-corrected chi connectivity index (χ2v) is 4.99. The number of hydrogen-bond donors (Lipinski definition) is 2. The van der Waals surface area contributed by atoms with Crippen molar-refractivity contribution >= 4 is 5.91 Å². The Kier molecular flexibility index (Phi) is 7.34. The fourth-order valence-corrected chi connectivity index (χ4v) is 2.02. The van der Waals surface area contributed by atoms with Gasteiger partial charge in [-0.3, -0.25) is 4.79 Å². The summed E-state index contributed by atoms with van der Waals surface area (Å²) in [5.41, 5.74) is 1.24. The highest BCUT2D eigenvalue weighted by Crippen LogP contribution is 2.15. The summed E-state index contributed by atoms with van der Waals surface area (Å²) >= 11 is 0. The number of carbonyl (C=O) groups is 1. The number of nitrogens with one attached hydrogen (secondary N) is 2. The molecule has 2 unspecified atom stereocenters. The molecule has 0 fully saturated rings. The Morgan fingerprint density at radius 2 is 2.00 bits per heavy atom. The van der Waals surface area contributed by atoms with Gasteiger partial charge in [0.15, 0.2) is 6.10 Å². The van der Waals surface area contributed by atoms with Gasteiger partial charge < -0.3 is 15.4 Å². The van der Waals surface area contributed by atoms with Gasteiger partial charge in [0.25, 0.3) is 5.91 Å². The van der Waals surface area contributed by atoms with E-state index in [9.17, 15) is 4.79 Å². The number of carbonyl (C=O) groups excluding carboxylic acids is 1. The lowest BCUT2D eigenvalue weighted by atomic mass is 10.1. The molecule has 0 saturated carbocycles. The van der Waals surface area contributed by atoms with E-state index in [1.54, 1.807) is 6.92 Å². The zero-order valence-corrected chi connectivity index (χ0v) is 13.0. The van der Waals surface area contributed by atoms with Gasteiger partial charge in [-0.05, 0) is 44.5 Å². The van der Waals surface area contributed by atoms with Gasteiger partial charge in [-0.1, -0.05) is 25.0 Å². The second-order valence-electron chi connectivity index (χ2n) is 4.99. The molecule has 114 valence electrons. The molecule has 0 aliphatic carbocycles. The molecule has 0 radical (unpaired) electrons. The molecule has 1 amide bonds. The molecule has 0 aromatic heterocycles. The number of hydrogen-bond acceptors (Lipinski definition) is 3. The molecule has 0 saturated heterocycles. The highest BCUT2D eigenvalue weighted by molar-refractivity contribution is 5.80. The zero-order chi connectivity index (χ0) is 15.7. The first-order valence-corrected chi connectivity index (χ1v) is 7.27. The van der Waals surface area contributed by atoms with Crippen LogP contribution in [0, 0.1) is 12.3 Å². The van der Waals surface area contributed by atoms with E-state index in [0.717, 1.165) is 13.0 Å². The Morgan fingerprint density at radius 1 is 1.33 bits per heavy atom. The van der Waals surface area contributed by atoms with Crippen LogP contribution in [0.1, 0.15) is 26.3 Å². The molecule has 2 N–H and O–H groups in total. The minimum absolute atomic E-state index is 0.210. The number of amides is 1. The van der Waals surface area contributed by atoms with Crippen LogP contribution in [0.15, 0.2) is 24.3 Å². The van der Waals surface area contributed by atoms with Gasteiger partial charge in [-0.15, -0.1) is 6.42 Å². The lowest BCUT2D eigenvalue weighted by Crippen LogP contribution is -2.36. The van der Waals surface area contributed by atoms with Crippen LogP contribution in [-0.2, 0) is 11.2 Å². The van der Waals surface area contributed by atoms with Gasteiger partial charge in [0.1, 0.15) is 5.75 Å². The van der Waals surface area contributed by atoms with Crippen molar-refractivity contribution in [2.75, 3.05) is 13.1 Å². The van der Waals surface area contributed by atoms with Crippen LogP contribution < -0.4 is 15.4 Å². The lowest BCUT2D eigenvalue weighted by molar-refractivity contribution is -0.126. The first-order chi connectivity index (χ1) is 10.1. The Morgan fingerprint density at radius 3 is 2.57 bits per heavy atom. The predicted molar refractivity (Wildman–Crippen MR) is 85.2 cm³/mol. The monoisotopic (exact) mass is 288 g/mol. The molecule has 0 aliphatic heterocycles. The van der Waals surface area contributed by atoms with Crippen LogP contribution in [0.4, 0.5) is 0 Å². The number of ether oxygens (including phenoxy) is 1. The van der Waals surface area contributed by atoms with Crippen LogP contribution in [0.25, 0.3) is 0 Å². The predicted octanol–water partition coefficient (Wildman–Crippen LogP) is 1.74. The van der Waals surface area contributed by atoms with Crippen molar-refractivity contribution in [1.82, 2.24) is 10.6 Å². The van der Waals surface area contributed by atoms with E-state index < -0.39 is 6.10 Å². The third-order valence-corrected chi connectivity index (χ3v) is 3.06. The average molecular weight is 288 g/mol. The summed E-state index contributed by atoms with van der Waals surface area (Å²) in [6.45, 7) is 7.14. The minimum atomic E-state index is -0.565. The van der Waals surface area contributed by atoms with Gasteiger partial charge in [-0.2, -0.15) is 0 Å². The second kappa shape index (κ2) is 9.04. The highest BCUT2D eigenvalue weighted by Gasteiger charge is 2.13. The molecule has 21 heavy (non-hydrogen) atoms. The third-order valence-electron chi connectivity index (χ3n) is 3.06. The molecule has 0 bridgehead atoms. The standard InChI is InChI=1S/C17H24N2O2/c1-5-11-19-17(20)14(4)21-16-9-7-15(8-10-16)12-13(3)18-6-2/h1,7-10,13-14,18H,6,11-12H2,2-4H3,(H,19,20). The molecular weight excluding hydrogens is 264 g/mol. The van der Waals surface area contributed by atoms with Crippen LogP contribution in [0.3, 0.4) is 0 Å². The molecule has 2 atom stereocenters. The maximum absolute atomic E-state index is 11.7. The topological polar surface area (TPSA) is 50.4 Å². The van der Waals surface area contributed by atoms with Crippen LogP contribution in [-0.4, -0.2) is 31.1 Å². The van der Waals surface area contributed by atoms with Gasteiger partial charge in [0.05, 0.1) is 6.54 Å². The van der Waals surface area contributed by atoms with E-state index >= 15 is 0 Å². The Bertz CT molecular complexity index is 477. The zero-order valence-electron chi connectivity index (χ0n) is 13.0. The van der Waals surface area contributed by atoms with E-state index in [4.69, 9.17) is 11.2 Å². The first kappa shape index (κ1) is 17.1. The Balaban J connectivity index is 2.50. The highest BCUT2D eigenvalue weighted by atomic mass is 16.5. The smallest absolute Gasteiger partial charge is 0.261 e. The van der Waals surface area contributed by atoms with Crippen molar-refractivity contribution < 1.29 is 9.53 Å². The summed E-state index contributed by atoms with van der Waals surface area (Å²) in [7, 11) is 0. The SMILES string of the molecule is C#CCNC(=O)C(C)Oc1ccc(CC(C)NCC)cc1. The van der Waals surface area contributed by atoms with E-state index in [1.165, 1.54) is 5.56 Å². The molecule has 0 heterocycles. The summed E-state index contributed by atoms with van der Waals surface area (Å²) in [5, 5.41) is 5.97. The average Bonchev–Trinajstić information content (AvgIpc) is 2.47. The van der Waals surface area contributed by atoms with Crippen molar-refractivity contribution in [3.8, 4) is 18.1 Å². The van der Waals surface area contributed by atoms with Gasteiger partial charge >= 0.3 is 0 Å². The van der Waals surface area contributed by atoms with E-state index in [-0.39, 0.29) is 12.5 Å². The molecule has 4 nitrogen and oxygen atoms in total. The van der Waals surface area contributed by atoms with Crippen LogP contribution in [0.5, 0.6) is 5.75 Å². The van der Waals surface area contributed by atoms with E-state index in [0.29, 0.717) is 11.8 Å². The number of likely N-dealkylation sites (N-methyl/N-ethyl adjacent to an activating group) is 1. The molecule has 1 aromatic rings. The minimum Gasteiger partial charge on any atom is -0.481 e. The number of terminal acetylenes is 1. The normalized spacial score (nSPS) is 13.0. The van der Waals surface area contributed by atoms with E-state index in [1.807, 2.05) is 24.3 Å². The van der Waals surface area contributed by atoms with Gasteiger partial charge in [-0.25, -0.2) is 0 Å². The van der Waals surface area contributed by atoms with Crippen molar-refractivity contribution in [3.05, 3.63) is 29.8 Å². The van der Waals surface area contributed by atoms with Gasteiger partial charge in [0, 0.05) is 6.04 Å².